The smallest absolute Gasteiger partial charge is 0.338 e. The zero-order chi connectivity index (χ0) is 19.7. The first-order chi connectivity index (χ1) is 12.3. The average Bonchev–Trinajstić information content (AvgIpc) is 2.59. The van der Waals surface area contributed by atoms with Gasteiger partial charge in [-0.3, -0.25) is 4.79 Å². The molecule has 0 saturated carbocycles. The molecule has 0 saturated heterocycles. The number of amides is 1. The number of hydrogen-bond donors (Lipinski definition) is 4. The molecule has 0 fully saturated rings. The molecule has 0 radical (unpaired) electrons. The predicted molar refractivity (Wildman–Crippen MR) is 99.0 cm³/mol. The molecule has 0 heterocycles. The number of nitrogens with one attached hydrogen (secondary N) is 1. The Bertz CT molecular complexity index is 607. The summed E-state index contributed by atoms with van der Waals surface area (Å²) in [6.45, 7) is 1.28. The Morgan fingerprint density at radius 2 is 1.54 bits per heavy atom. The van der Waals surface area contributed by atoms with Gasteiger partial charge in [0.05, 0.1) is 6.04 Å². The van der Waals surface area contributed by atoms with E-state index in [1.165, 1.54) is 0 Å². The van der Waals surface area contributed by atoms with Crippen LogP contribution in [0.1, 0.15) is 5.56 Å². The van der Waals surface area contributed by atoms with Crippen LogP contribution in [0.5, 0.6) is 0 Å². The molecule has 0 aliphatic carbocycles. The van der Waals surface area contributed by atoms with E-state index in [0.717, 1.165) is 11.3 Å². The highest BCUT2D eigenvalue weighted by atomic mass is 35.5. The summed E-state index contributed by atoms with van der Waals surface area (Å²) in [4.78, 5) is 35.5. The van der Waals surface area contributed by atoms with Crippen LogP contribution in [-0.2, 0) is 20.8 Å². The van der Waals surface area contributed by atoms with Gasteiger partial charge < -0.3 is 26.2 Å². The van der Waals surface area contributed by atoms with E-state index in [4.69, 9.17) is 39.1 Å². The van der Waals surface area contributed by atoms with E-state index < -0.39 is 29.9 Å². The number of anilines is 1. The van der Waals surface area contributed by atoms with Crippen LogP contribution in [0.3, 0.4) is 0 Å². The Kier molecular flexibility index (Phi) is 9.18. The zero-order valence-corrected chi connectivity index (χ0v) is 15.4. The molecule has 1 amide bonds. The van der Waals surface area contributed by atoms with Gasteiger partial charge >= 0.3 is 11.9 Å². The second-order valence-corrected chi connectivity index (χ2v) is 6.22. The standard InChI is InChI=1S/C16H21Cl2N3O5/c17-5-7-21(8-6-18)11-3-1-10(2-4-11)9-12(19)14(22)20-13(15(23)24)16(25)26/h1-4,12-13H,5-9,19H2,(H,20,22)(H,23,24)(H,25,26)/t12-/m0/s1. The Balaban J connectivity index is 2.71. The average molecular weight is 406 g/mol. The van der Waals surface area contributed by atoms with E-state index in [0.29, 0.717) is 24.8 Å². The molecule has 26 heavy (non-hydrogen) atoms. The highest BCUT2D eigenvalue weighted by Gasteiger charge is 2.29. The fourth-order valence-electron chi connectivity index (χ4n) is 2.24. The van der Waals surface area contributed by atoms with Gasteiger partial charge in [-0.2, -0.15) is 0 Å². The summed E-state index contributed by atoms with van der Waals surface area (Å²) in [5.41, 5.74) is 7.41. The van der Waals surface area contributed by atoms with E-state index in [1.54, 1.807) is 12.1 Å². The number of hydrogen-bond acceptors (Lipinski definition) is 5. The summed E-state index contributed by atoms with van der Waals surface area (Å²) in [7, 11) is 0. The Morgan fingerprint density at radius 1 is 1.04 bits per heavy atom. The van der Waals surface area contributed by atoms with Crippen LogP contribution in [0.2, 0.25) is 0 Å². The second kappa shape index (κ2) is 10.8. The first kappa shape index (κ1) is 22.0. The number of alkyl halides is 2. The number of carboxylic acid groups (broad SMARTS) is 2. The minimum absolute atomic E-state index is 0.128. The van der Waals surface area contributed by atoms with Gasteiger partial charge in [0.2, 0.25) is 11.9 Å². The third-order valence-electron chi connectivity index (χ3n) is 3.58. The maximum Gasteiger partial charge on any atom is 0.338 e. The molecule has 0 aromatic heterocycles. The number of carboxylic acids is 2. The third-order valence-corrected chi connectivity index (χ3v) is 3.92. The van der Waals surface area contributed by atoms with Crippen molar-refractivity contribution in [2.45, 2.75) is 18.5 Å². The van der Waals surface area contributed by atoms with Crippen LogP contribution in [0, 0.1) is 0 Å². The first-order valence-corrected chi connectivity index (χ1v) is 8.84. The monoisotopic (exact) mass is 405 g/mol. The van der Waals surface area contributed by atoms with E-state index in [-0.39, 0.29) is 6.42 Å². The highest BCUT2D eigenvalue weighted by Crippen LogP contribution is 2.16. The van der Waals surface area contributed by atoms with Crippen molar-refractivity contribution in [3.8, 4) is 0 Å². The lowest BCUT2D eigenvalue weighted by atomic mass is 10.0. The van der Waals surface area contributed by atoms with Crippen LogP contribution in [0.25, 0.3) is 0 Å². The van der Waals surface area contributed by atoms with Crippen molar-refractivity contribution in [2.24, 2.45) is 5.73 Å². The van der Waals surface area contributed by atoms with Gasteiger partial charge in [-0.05, 0) is 24.1 Å². The minimum Gasteiger partial charge on any atom is -0.479 e. The van der Waals surface area contributed by atoms with Gasteiger partial charge in [0.25, 0.3) is 0 Å². The molecule has 0 aliphatic rings. The summed E-state index contributed by atoms with van der Waals surface area (Å²) in [5.74, 6) is -3.27. The topological polar surface area (TPSA) is 133 Å². The molecule has 1 aromatic rings. The van der Waals surface area contributed by atoms with Crippen LogP contribution in [0.4, 0.5) is 5.69 Å². The Labute approximate surface area is 160 Å². The molecule has 0 aliphatic heterocycles. The van der Waals surface area contributed by atoms with Crippen LogP contribution >= 0.6 is 23.2 Å². The van der Waals surface area contributed by atoms with Gasteiger partial charge in [-0.15, -0.1) is 23.2 Å². The number of carbonyl (C=O) groups is 3. The number of nitrogens with zero attached hydrogens (tertiary/aromatic N) is 1. The highest BCUT2D eigenvalue weighted by molar-refractivity contribution is 6.18. The SMILES string of the molecule is N[C@@H](Cc1ccc(N(CCCl)CCCl)cc1)C(=O)NC(C(=O)O)C(=O)O. The first-order valence-electron chi connectivity index (χ1n) is 7.77. The lowest BCUT2D eigenvalue weighted by molar-refractivity contribution is -0.153. The molecule has 144 valence electrons. The largest absolute Gasteiger partial charge is 0.479 e. The van der Waals surface area contributed by atoms with Crippen molar-refractivity contribution >= 4 is 46.7 Å². The normalized spacial score (nSPS) is 11.8. The van der Waals surface area contributed by atoms with Crippen molar-refractivity contribution in [1.29, 1.82) is 0 Å². The number of halogens is 2. The van der Waals surface area contributed by atoms with E-state index in [1.807, 2.05) is 22.3 Å². The van der Waals surface area contributed by atoms with Gasteiger partial charge in [-0.25, -0.2) is 9.59 Å². The second-order valence-electron chi connectivity index (χ2n) is 5.46. The van der Waals surface area contributed by atoms with Crippen LogP contribution in [0.15, 0.2) is 24.3 Å². The van der Waals surface area contributed by atoms with Crippen molar-refractivity contribution in [1.82, 2.24) is 5.32 Å². The summed E-state index contributed by atoms with van der Waals surface area (Å²) >= 11 is 11.5. The maximum absolute atomic E-state index is 11.9. The Hall–Kier alpha value is -2.03. The summed E-state index contributed by atoms with van der Waals surface area (Å²) in [6.07, 6.45) is 0.128. The molecule has 0 unspecified atom stereocenters. The number of nitrogens with two attached hydrogens (primary N) is 1. The molecule has 0 bridgehead atoms. The van der Waals surface area contributed by atoms with E-state index >= 15 is 0 Å². The van der Waals surface area contributed by atoms with Gasteiger partial charge in [0.1, 0.15) is 0 Å². The van der Waals surface area contributed by atoms with Crippen LogP contribution < -0.4 is 16.0 Å². The molecule has 1 rings (SSSR count). The molecule has 8 nitrogen and oxygen atoms in total. The van der Waals surface area contributed by atoms with Crippen molar-refractivity contribution in [3.63, 3.8) is 0 Å². The molecule has 1 atom stereocenters. The number of benzene rings is 1. The summed E-state index contributed by atoms with van der Waals surface area (Å²) < 4.78 is 0. The van der Waals surface area contributed by atoms with E-state index in [9.17, 15) is 14.4 Å². The molecular weight excluding hydrogens is 385 g/mol. The molecule has 0 spiro atoms. The molecule has 10 heteroatoms. The lowest BCUT2D eigenvalue weighted by Crippen LogP contribution is -2.52. The van der Waals surface area contributed by atoms with Gasteiger partial charge in [0.15, 0.2) is 0 Å². The third kappa shape index (κ3) is 6.70. The zero-order valence-electron chi connectivity index (χ0n) is 13.9. The molecular formula is C16H21Cl2N3O5. The number of aliphatic carboxylic acids is 2. The van der Waals surface area contributed by atoms with Crippen molar-refractivity contribution < 1.29 is 24.6 Å². The molecule has 1 aromatic carbocycles. The maximum atomic E-state index is 11.9. The fourth-order valence-corrected chi connectivity index (χ4v) is 2.65. The summed E-state index contributed by atoms with van der Waals surface area (Å²) in [6, 6.07) is 4.14. The van der Waals surface area contributed by atoms with Crippen LogP contribution in [-0.4, -0.2) is 65.0 Å². The summed E-state index contributed by atoms with van der Waals surface area (Å²) in [5, 5.41) is 19.4. The number of rotatable bonds is 11. The minimum atomic E-state index is -2.03. The fraction of sp³-hybridized carbons (Fsp3) is 0.438. The molecule has 5 N–H and O–H groups in total. The quantitative estimate of drug-likeness (QED) is 0.311. The van der Waals surface area contributed by atoms with Crippen molar-refractivity contribution in [3.05, 3.63) is 29.8 Å². The predicted octanol–water partition coefficient (Wildman–Crippen LogP) is 0.494. The Morgan fingerprint density at radius 3 is 1.96 bits per heavy atom. The van der Waals surface area contributed by atoms with Crippen molar-refractivity contribution in [2.75, 3.05) is 29.7 Å². The number of carbonyl (C=O) groups excluding carboxylic acids is 1. The van der Waals surface area contributed by atoms with E-state index in [2.05, 4.69) is 0 Å². The van der Waals surface area contributed by atoms with Gasteiger partial charge in [-0.1, -0.05) is 12.1 Å². The lowest BCUT2D eigenvalue weighted by Gasteiger charge is -2.23. The van der Waals surface area contributed by atoms with Gasteiger partial charge in [0, 0.05) is 30.5 Å².